The Morgan fingerprint density at radius 2 is 1.75 bits per heavy atom. The smallest absolute Gasteiger partial charge is 0.337 e. The van der Waals surface area contributed by atoms with Crippen molar-refractivity contribution >= 4 is 23.5 Å². The average molecular weight is 408 g/mol. The lowest BCUT2D eigenvalue weighted by Crippen LogP contribution is -2.33. The highest BCUT2D eigenvalue weighted by atomic mass is 35.5. The molecule has 0 saturated heterocycles. The molecule has 0 spiro atoms. The molecule has 0 radical (unpaired) electrons. The predicted octanol–water partition coefficient (Wildman–Crippen LogP) is 4.10. The predicted molar refractivity (Wildman–Crippen MR) is 107 cm³/mol. The van der Waals surface area contributed by atoms with E-state index in [4.69, 9.17) is 25.8 Å². The molecule has 2 rings (SSSR count). The quantitative estimate of drug-likeness (QED) is 0.715. The van der Waals surface area contributed by atoms with E-state index in [0.717, 1.165) is 0 Å². The molecule has 6 nitrogen and oxygen atoms in total. The van der Waals surface area contributed by atoms with Gasteiger partial charge in [0.25, 0.3) is 0 Å². The minimum Gasteiger partial charge on any atom is -0.495 e. The van der Waals surface area contributed by atoms with Gasteiger partial charge in [0.2, 0.25) is 0 Å². The molecular formula is C21H26ClNO5. The van der Waals surface area contributed by atoms with Crippen molar-refractivity contribution in [3.8, 4) is 5.75 Å². The Balaban J connectivity index is 2.70. The molecule has 0 fully saturated rings. The van der Waals surface area contributed by atoms with Gasteiger partial charge in [-0.1, -0.05) is 30.7 Å². The summed E-state index contributed by atoms with van der Waals surface area (Å²) in [5.74, 6) is -1.34. The normalized spacial score (nSPS) is 17.8. The van der Waals surface area contributed by atoms with Gasteiger partial charge in [-0.15, -0.1) is 0 Å². The molecule has 2 atom stereocenters. The van der Waals surface area contributed by atoms with Gasteiger partial charge in [0.05, 0.1) is 42.4 Å². The van der Waals surface area contributed by atoms with E-state index in [0.29, 0.717) is 45.3 Å². The summed E-state index contributed by atoms with van der Waals surface area (Å²) in [6.45, 7) is 7.28. The Morgan fingerprint density at radius 1 is 1.14 bits per heavy atom. The molecule has 2 unspecified atom stereocenters. The van der Waals surface area contributed by atoms with Crippen LogP contribution in [0.15, 0.2) is 40.7 Å². The van der Waals surface area contributed by atoms with Crippen molar-refractivity contribution in [3.05, 3.63) is 51.3 Å². The fourth-order valence-electron chi connectivity index (χ4n) is 3.19. The van der Waals surface area contributed by atoms with E-state index in [1.165, 1.54) is 14.2 Å². The van der Waals surface area contributed by atoms with Crippen LogP contribution in [0, 0.1) is 0 Å². The molecule has 28 heavy (non-hydrogen) atoms. The number of nitrogens with one attached hydrogen (secondary N) is 1. The van der Waals surface area contributed by atoms with E-state index >= 15 is 0 Å². The molecule has 1 aromatic rings. The molecule has 0 aliphatic carbocycles. The first-order valence-corrected chi connectivity index (χ1v) is 9.44. The zero-order chi connectivity index (χ0) is 21.0. The van der Waals surface area contributed by atoms with Crippen molar-refractivity contribution in [2.45, 2.75) is 46.1 Å². The molecule has 1 heterocycles. The maximum atomic E-state index is 13.0. The van der Waals surface area contributed by atoms with Gasteiger partial charge in [-0.05, 0) is 38.8 Å². The molecule has 1 aliphatic rings. The van der Waals surface area contributed by atoms with Crippen molar-refractivity contribution in [1.29, 1.82) is 0 Å². The monoisotopic (exact) mass is 407 g/mol. The number of esters is 2. The number of ether oxygens (including phenoxy) is 3. The first-order valence-electron chi connectivity index (χ1n) is 9.06. The maximum Gasteiger partial charge on any atom is 0.337 e. The number of carbonyl (C=O) groups is 2. The van der Waals surface area contributed by atoms with Crippen molar-refractivity contribution in [3.63, 3.8) is 0 Å². The van der Waals surface area contributed by atoms with E-state index in [1.54, 1.807) is 32.0 Å². The molecule has 0 bridgehead atoms. The number of rotatable bonds is 6. The Morgan fingerprint density at radius 3 is 2.29 bits per heavy atom. The molecule has 1 aliphatic heterocycles. The standard InChI is InChI=1S/C21H26ClNO5/c1-7-11(2)28-21(25)17-13(4)23-12(3)16(20(24)27-6)18(17)14-9-8-10-15(26-5)19(14)22/h8-11,18,23H,7H2,1-6H3. The molecule has 1 aromatic carbocycles. The average Bonchev–Trinajstić information content (AvgIpc) is 2.66. The van der Waals surface area contributed by atoms with E-state index in [9.17, 15) is 9.59 Å². The Bertz CT molecular complexity index is 843. The summed E-state index contributed by atoms with van der Waals surface area (Å²) in [6, 6.07) is 5.25. The second-order valence-corrected chi connectivity index (χ2v) is 6.99. The topological polar surface area (TPSA) is 73.9 Å². The van der Waals surface area contributed by atoms with Gasteiger partial charge in [-0.2, -0.15) is 0 Å². The van der Waals surface area contributed by atoms with Crippen LogP contribution in [0.3, 0.4) is 0 Å². The Labute approximate surface area is 170 Å². The van der Waals surface area contributed by atoms with Crippen LogP contribution in [-0.2, 0) is 19.1 Å². The van der Waals surface area contributed by atoms with Gasteiger partial charge < -0.3 is 19.5 Å². The van der Waals surface area contributed by atoms with Crippen LogP contribution < -0.4 is 10.1 Å². The summed E-state index contributed by atoms with van der Waals surface area (Å²) in [4.78, 5) is 25.6. The molecular weight excluding hydrogens is 382 g/mol. The van der Waals surface area contributed by atoms with Crippen LogP contribution in [0.1, 0.15) is 45.6 Å². The van der Waals surface area contributed by atoms with E-state index in [2.05, 4.69) is 5.32 Å². The number of halogens is 1. The van der Waals surface area contributed by atoms with Crippen LogP contribution >= 0.6 is 11.6 Å². The number of methoxy groups -OCH3 is 2. The minimum absolute atomic E-state index is 0.261. The maximum absolute atomic E-state index is 13.0. The number of hydrogen-bond donors (Lipinski definition) is 1. The summed E-state index contributed by atoms with van der Waals surface area (Å²) in [6.07, 6.45) is 0.414. The summed E-state index contributed by atoms with van der Waals surface area (Å²) in [7, 11) is 2.81. The van der Waals surface area contributed by atoms with Gasteiger partial charge in [-0.25, -0.2) is 9.59 Å². The molecule has 0 amide bonds. The van der Waals surface area contributed by atoms with Crippen LogP contribution in [0.4, 0.5) is 0 Å². The third kappa shape index (κ3) is 4.17. The van der Waals surface area contributed by atoms with Crippen molar-refractivity contribution in [2.75, 3.05) is 14.2 Å². The zero-order valence-corrected chi connectivity index (χ0v) is 17.8. The Kier molecular flexibility index (Phi) is 7.13. The number of dihydropyridines is 1. The lowest BCUT2D eigenvalue weighted by atomic mass is 9.80. The van der Waals surface area contributed by atoms with Gasteiger partial charge in [0.1, 0.15) is 5.75 Å². The molecule has 1 N–H and O–H groups in total. The fourth-order valence-corrected chi connectivity index (χ4v) is 3.51. The van der Waals surface area contributed by atoms with Gasteiger partial charge in [0, 0.05) is 11.4 Å². The number of carbonyl (C=O) groups excluding carboxylic acids is 2. The summed E-state index contributed by atoms with van der Waals surface area (Å²) in [5.41, 5.74) is 2.38. The molecule has 0 saturated carbocycles. The fraction of sp³-hybridized carbons (Fsp3) is 0.429. The lowest BCUT2D eigenvalue weighted by molar-refractivity contribution is -0.144. The summed E-state index contributed by atoms with van der Waals surface area (Å²) < 4.78 is 15.9. The summed E-state index contributed by atoms with van der Waals surface area (Å²) >= 11 is 6.56. The molecule has 0 aromatic heterocycles. The van der Waals surface area contributed by atoms with E-state index < -0.39 is 17.9 Å². The van der Waals surface area contributed by atoms with Crippen LogP contribution in [0.5, 0.6) is 5.75 Å². The van der Waals surface area contributed by atoms with Gasteiger partial charge in [0.15, 0.2) is 0 Å². The van der Waals surface area contributed by atoms with E-state index in [-0.39, 0.29) is 6.10 Å². The second kappa shape index (κ2) is 9.15. The van der Waals surface area contributed by atoms with Crippen molar-refractivity contribution < 1.29 is 23.8 Å². The van der Waals surface area contributed by atoms with Crippen molar-refractivity contribution in [2.24, 2.45) is 0 Å². The number of allylic oxidation sites excluding steroid dienone is 2. The first-order chi connectivity index (χ1) is 13.3. The highest BCUT2D eigenvalue weighted by molar-refractivity contribution is 6.33. The first kappa shape index (κ1) is 21.8. The van der Waals surface area contributed by atoms with Crippen LogP contribution in [-0.4, -0.2) is 32.3 Å². The third-order valence-corrected chi connectivity index (χ3v) is 5.20. The number of benzene rings is 1. The molecule has 7 heteroatoms. The van der Waals surface area contributed by atoms with Gasteiger partial charge in [-0.3, -0.25) is 0 Å². The highest BCUT2D eigenvalue weighted by Crippen LogP contribution is 2.44. The van der Waals surface area contributed by atoms with Crippen molar-refractivity contribution in [1.82, 2.24) is 5.32 Å². The second-order valence-electron chi connectivity index (χ2n) is 6.61. The molecule has 152 valence electrons. The lowest BCUT2D eigenvalue weighted by Gasteiger charge is -2.31. The minimum atomic E-state index is -0.743. The third-order valence-electron chi connectivity index (χ3n) is 4.79. The zero-order valence-electron chi connectivity index (χ0n) is 17.0. The van der Waals surface area contributed by atoms with E-state index in [1.807, 2.05) is 13.8 Å². The van der Waals surface area contributed by atoms with Crippen LogP contribution in [0.2, 0.25) is 5.02 Å². The summed E-state index contributed by atoms with van der Waals surface area (Å²) in [5, 5.41) is 3.42. The van der Waals surface area contributed by atoms with Gasteiger partial charge >= 0.3 is 11.9 Å². The van der Waals surface area contributed by atoms with Crippen LogP contribution in [0.25, 0.3) is 0 Å². The SMILES string of the molecule is CCC(C)OC(=O)C1=C(C)NC(C)=C(C(=O)OC)C1c1cccc(OC)c1Cl. The highest BCUT2D eigenvalue weighted by Gasteiger charge is 2.39. The Hall–Kier alpha value is -2.47. The number of hydrogen-bond acceptors (Lipinski definition) is 6. The largest absolute Gasteiger partial charge is 0.495 e.